The summed E-state index contributed by atoms with van der Waals surface area (Å²) in [6.07, 6.45) is 0.560. The summed E-state index contributed by atoms with van der Waals surface area (Å²) in [5.41, 5.74) is 6.52. The molecule has 0 aliphatic rings. The van der Waals surface area contributed by atoms with Gasteiger partial charge in [0, 0.05) is 11.1 Å². The highest BCUT2D eigenvalue weighted by Crippen LogP contribution is 2.25. The van der Waals surface area contributed by atoms with Crippen LogP contribution in [0.15, 0.2) is 29.6 Å². The zero-order valence-electron chi connectivity index (χ0n) is 7.08. The summed E-state index contributed by atoms with van der Waals surface area (Å²) < 4.78 is 1.26. The second-order valence-electron chi connectivity index (χ2n) is 2.96. The van der Waals surface area contributed by atoms with Crippen molar-refractivity contribution in [3.63, 3.8) is 0 Å². The van der Waals surface area contributed by atoms with Gasteiger partial charge in [-0.15, -0.1) is 11.3 Å². The van der Waals surface area contributed by atoms with E-state index in [4.69, 9.17) is 11.1 Å². The van der Waals surface area contributed by atoms with Gasteiger partial charge < -0.3 is 5.73 Å². The van der Waals surface area contributed by atoms with Gasteiger partial charge >= 0.3 is 0 Å². The molecule has 3 heteroatoms. The average Bonchev–Trinajstić information content (AvgIpc) is 2.48. The van der Waals surface area contributed by atoms with Crippen molar-refractivity contribution in [2.24, 2.45) is 5.73 Å². The van der Waals surface area contributed by atoms with Crippen molar-refractivity contribution < 1.29 is 0 Å². The van der Waals surface area contributed by atoms with Crippen LogP contribution >= 0.6 is 11.3 Å². The lowest BCUT2D eigenvalue weighted by Gasteiger charge is -1.95. The van der Waals surface area contributed by atoms with Crippen molar-refractivity contribution in [1.82, 2.24) is 0 Å². The van der Waals surface area contributed by atoms with Crippen LogP contribution in [0.1, 0.15) is 5.56 Å². The monoisotopic (exact) mass is 190 g/mol. The maximum atomic E-state index is 7.23. The summed E-state index contributed by atoms with van der Waals surface area (Å²) >= 11 is 1.70. The number of fused-ring (bicyclic) bond motifs is 1. The van der Waals surface area contributed by atoms with Crippen LogP contribution in [-0.2, 0) is 6.42 Å². The highest BCUT2D eigenvalue weighted by molar-refractivity contribution is 7.17. The van der Waals surface area contributed by atoms with E-state index in [1.807, 2.05) is 12.1 Å². The van der Waals surface area contributed by atoms with Gasteiger partial charge in [0.2, 0.25) is 0 Å². The molecule has 3 N–H and O–H groups in total. The Morgan fingerprint density at radius 1 is 1.38 bits per heavy atom. The number of hydrogen-bond donors (Lipinski definition) is 2. The number of amidine groups is 1. The normalized spacial score (nSPS) is 10.5. The molecule has 2 aromatic rings. The fourth-order valence-electron chi connectivity index (χ4n) is 1.37. The van der Waals surface area contributed by atoms with E-state index in [2.05, 4.69) is 17.5 Å². The standard InChI is InChI=1S/C10H10N2S/c11-10(12)5-7-6-13-9-4-2-1-3-8(7)9/h1-4,6H,5H2,(H3,11,12). The Kier molecular flexibility index (Phi) is 2.02. The fraction of sp³-hybridized carbons (Fsp3) is 0.100. The molecule has 2 rings (SSSR count). The van der Waals surface area contributed by atoms with Gasteiger partial charge in [-0.3, -0.25) is 5.41 Å². The largest absolute Gasteiger partial charge is 0.387 e. The SMILES string of the molecule is N=C(N)Cc1csc2ccccc12. The molecule has 66 valence electrons. The molecule has 2 nitrogen and oxygen atoms in total. The minimum atomic E-state index is 0.226. The third-order valence-corrected chi connectivity index (χ3v) is 2.95. The smallest absolute Gasteiger partial charge is 0.0950 e. The molecule has 0 saturated carbocycles. The van der Waals surface area contributed by atoms with Gasteiger partial charge in [0.1, 0.15) is 0 Å². The number of nitrogens with one attached hydrogen (secondary N) is 1. The lowest BCUT2D eigenvalue weighted by molar-refractivity contribution is 1.28. The van der Waals surface area contributed by atoms with Crippen molar-refractivity contribution in [1.29, 1.82) is 5.41 Å². The van der Waals surface area contributed by atoms with Gasteiger partial charge in [-0.2, -0.15) is 0 Å². The number of rotatable bonds is 2. The Labute approximate surface area is 80.5 Å². The van der Waals surface area contributed by atoms with E-state index in [9.17, 15) is 0 Å². The summed E-state index contributed by atoms with van der Waals surface area (Å²) in [6, 6.07) is 8.20. The molecule has 0 amide bonds. The molecular formula is C10H10N2S. The van der Waals surface area contributed by atoms with Crippen LogP contribution in [0.3, 0.4) is 0 Å². The summed E-state index contributed by atoms with van der Waals surface area (Å²) in [6.45, 7) is 0. The summed E-state index contributed by atoms with van der Waals surface area (Å²) in [4.78, 5) is 0. The van der Waals surface area contributed by atoms with Gasteiger partial charge in [0.25, 0.3) is 0 Å². The highest BCUT2D eigenvalue weighted by atomic mass is 32.1. The van der Waals surface area contributed by atoms with Gasteiger partial charge in [-0.1, -0.05) is 18.2 Å². The van der Waals surface area contributed by atoms with E-state index in [0.717, 1.165) is 5.56 Å². The van der Waals surface area contributed by atoms with Crippen LogP contribution in [0.5, 0.6) is 0 Å². The van der Waals surface area contributed by atoms with E-state index < -0.39 is 0 Å². The van der Waals surface area contributed by atoms with E-state index in [-0.39, 0.29) is 5.84 Å². The zero-order valence-corrected chi connectivity index (χ0v) is 7.90. The second-order valence-corrected chi connectivity index (χ2v) is 3.87. The number of hydrogen-bond acceptors (Lipinski definition) is 2. The first-order valence-electron chi connectivity index (χ1n) is 4.05. The van der Waals surface area contributed by atoms with Crippen molar-refractivity contribution in [2.75, 3.05) is 0 Å². The zero-order chi connectivity index (χ0) is 9.26. The Bertz CT molecular complexity index is 445. The van der Waals surface area contributed by atoms with Crippen LogP contribution in [-0.4, -0.2) is 5.84 Å². The van der Waals surface area contributed by atoms with Crippen LogP contribution in [0, 0.1) is 5.41 Å². The molecule has 0 unspecified atom stereocenters. The van der Waals surface area contributed by atoms with Crippen LogP contribution in [0.25, 0.3) is 10.1 Å². The van der Waals surface area contributed by atoms with E-state index in [1.54, 1.807) is 11.3 Å². The predicted octanol–water partition coefficient (Wildman–Crippen LogP) is 2.38. The molecule has 0 fully saturated rings. The van der Waals surface area contributed by atoms with E-state index in [1.165, 1.54) is 10.1 Å². The Balaban J connectivity index is 2.51. The number of thiophene rings is 1. The molecular weight excluding hydrogens is 180 g/mol. The maximum absolute atomic E-state index is 7.23. The van der Waals surface area contributed by atoms with Crippen LogP contribution in [0.4, 0.5) is 0 Å². The Morgan fingerprint density at radius 2 is 2.15 bits per heavy atom. The van der Waals surface area contributed by atoms with Crippen molar-refractivity contribution in [3.8, 4) is 0 Å². The predicted molar refractivity (Wildman–Crippen MR) is 57.4 cm³/mol. The molecule has 0 aliphatic heterocycles. The molecule has 0 atom stereocenters. The highest BCUT2D eigenvalue weighted by Gasteiger charge is 2.03. The Hall–Kier alpha value is -1.35. The topological polar surface area (TPSA) is 49.9 Å². The third kappa shape index (κ3) is 1.55. The summed E-state index contributed by atoms with van der Waals surface area (Å²) in [5, 5.41) is 10.5. The molecule has 1 aromatic carbocycles. The van der Waals surface area contributed by atoms with E-state index in [0.29, 0.717) is 6.42 Å². The number of nitrogens with two attached hydrogens (primary N) is 1. The molecule has 0 spiro atoms. The molecule has 0 aliphatic carbocycles. The quantitative estimate of drug-likeness (QED) is 0.554. The van der Waals surface area contributed by atoms with Gasteiger partial charge in [0.15, 0.2) is 0 Å². The van der Waals surface area contributed by atoms with Gasteiger partial charge in [-0.05, 0) is 22.4 Å². The molecule has 0 radical (unpaired) electrons. The average molecular weight is 190 g/mol. The lowest BCUT2D eigenvalue weighted by Crippen LogP contribution is -2.12. The summed E-state index contributed by atoms with van der Waals surface area (Å²) in [5.74, 6) is 0.226. The maximum Gasteiger partial charge on any atom is 0.0950 e. The molecule has 0 bridgehead atoms. The van der Waals surface area contributed by atoms with Crippen LogP contribution < -0.4 is 5.73 Å². The molecule has 1 heterocycles. The van der Waals surface area contributed by atoms with Gasteiger partial charge in [-0.25, -0.2) is 0 Å². The first-order chi connectivity index (χ1) is 6.27. The first-order valence-corrected chi connectivity index (χ1v) is 4.93. The van der Waals surface area contributed by atoms with E-state index >= 15 is 0 Å². The molecule has 1 aromatic heterocycles. The second kappa shape index (κ2) is 3.18. The lowest BCUT2D eigenvalue weighted by atomic mass is 10.1. The molecule has 0 saturated heterocycles. The fourth-order valence-corrected chi connectivity index (χ4v) is 2.34. The first kappa shape index (κ1) is 8.26. The van der Waals surface area contributed by atoms with Crippen molar-refractivity contribution in [2.45, 2.75) is 6.42 Å². The van der Waals surface area contributed by atoms with Crippen molar-refractivity contribution in [3.05, 3.63) is 35.2 Å². The molecule has 13 heavy (non-hydrogen) atoms. The summed E-state index contributed by atoms with van der Waals surface area (Å²) in [7, 11) is 0. The minimum absolute atomic E-state index is 0.226. The number of benzene rings is 1. The van der Waals surface area contributed by atoms with Crippen LogP contribution in [0.2, 0.25) is 0 Å². The van der Waals surface area contributed by atoms with Crippen molar-refractivity contribution >= 4 is 27.3 Å². The third-order valence-electron chi connectivity index (χ3n) is 1.94. The van der Waals surface area contributed by atoms with Gasteiger partial charge in [0.05, 0.1) is 5.84 Å². The minimum Gasteiger partial charge on any atom is -0.387 e. The Morgan fingerprint density at radius 3 is 2.92 bits per heavy atom.